The summed E-state index contributed by atoms with van der Waals surface area (Å²) >= 11 is 0. The van der Waals surface area contributed by atoms with Gasteiger partial charge < -0.3 is 15.4 Å². The summed E-state index contributed by atoms with van der Waals surface area (Å²) in [7, 11) is 1.35. The summed E-state index contributed by atoms with van der Waals surface area (Å²) in [5, 5.41) is 6.09. The van der Waals surface area contributed by atoms with E-state index in [1.54, 1.807) is 0 Å². The highest BCUT2D eigenvalue weighted by Gasteiger charge is 2.37. The van der Waals surface area contributed by atoms with Gasteiger partial charge in [-0.3, -0.25) is 9.59 Å². The van der Waals surface area contributed by atoms with Gasteiger partial charge in [-0.25, -0.2) is 0 Å². The summed E-state index contributed by atoms with van der Waals surface area (Å²) in [6, 6.07) is 0. The molecule has 1 aliphatic rings. The molecule has 0 aliphatic carbocycles. The maximum atomic E-state index is 12.1. The van der Waals surface area contributed by atoms with E-state index >= 15 is 0 Å². The van der Waals surface area contributed by atoms with E-state index in [4.69, 9.17) is 0 Å². The van der Waals surface area contributed by atoms with Gasteiger partial charge >= 0.3 is 5.97 Å². The molecule has 1 rings (SSSR count). The average Bonchev–Trinajstić information content (AvgIpc) is 2.39. The molecular weight excluding hydrogens is 220 g/mol. The molecule has 0 spiro atoms. The molecule has 0 radical (unpaired) electrons. The Morgan fingerprint density at radius 1 is 1.47 bits per heavy atom. The van der Waals surface area contributed by atoms with Gasteiger partial charge in [0.1, 0.15) is 0 Å². The minimum Gasteiger partial charge on any atom is -0.469 e. The smallest absolute Gasteiger partial charge is 0.307 e. The van der Waals surface area contributed by atoms with E-state index in [9.17, 15) is 9.59 Å². The summed E-state index contributed by atoms with van der Waals surface area (Å²) < 4.78 is 4.53. The second kappa shape index (κ2) is 6.59. The van der Waals surface area contributed by atoms with E-state index in [0.717, 1.165) is 32.4 Å². The molecule has 0 bridgehead atoms. The van der Waals surface area contributed by atoms with Crippen molar-refractivity contribution in [3.05, 3.63) is 0 Å². The highest BCUT2D eigenvalue weighted by atomic mass is 16.5. The number of rotatable bonds is 5. The molecule has 1 saturated heterocycles. The van der Waals surface area contributed by atoms with E-state index in [1.165, 1.54) is 7.11 Å². The standard InChI is InChI=1S/C12H22N2O3/c1-3-12(6-4-7-13-9-12)11(16)14-8-5-10(15)17-2/h13H,3-9H2,1-2H3,(H,14,16). The van der Waals surface area contributed by atoms with Gasteiger partial charge in [-0.15, -0.1) is 0 Å². The summed E-state index contributed by atoms with van der Waals surface area (Å²) in [6.07, 6.45) is 3.00. The Kier molecular flexibility index (Phi) is 5.41. The van der Waals surface area contributed by atoms with Crippen LogP contribution in [0.4, 0.5) is 0 Å². The normalized spacial score (nSPS) is 24.1. The molecule has 1 unspecified atom stereocenters. The van der Waals surface area contributed by atoms with Crippen molar-refractivity contribution < 1.29 is 14.3 Å². The maximum absolute atomic E-state index is 12.1. The summed E-state index contributed by atoms with van der Waals surface area (Å²) in [6.45, 7) is 4.10. The van der Waals surface area contributed by atoms with Crippen LogP contribution in [0.1, 0.15) is 32.6 Å². The first-order chi connectivity index (χ1) is 8.14. The van der Waals surface area contributed by atoms with Gasteiger partial charge in [0.15, 0.2) is 0 Å². The van der Waals surface area contributed by atoms with Crippen molar-refractivity contribution in [2.24, 2.45) is 5.41 Å². The van der Waals surface area contributed by atoms with Crippen molar-refractivity contribution in [3.8, 4) is 0 Å². The van der Waals surface area contributed by atoms with Crippen LogP contribution in [0.2, 0.25) is 0 Å². The zero-order valence-corrected chi connectivity index (χ0v) is 10.7. The molecule has 0 saturated carbocycles. The van der Waals surface area contributed by atoms with Crippen LogP contribution in [0.3, 0.4) is 0 Å². The number of carbonyl (C=O) groups is 2. The number of hydrogen-bond acceptors (Lipinski definition) is 4. The van der Waals surface area contributed by atoms with E-state index in [-0.39, 0.29) is 23.7 Å². The lowest BCUT2D eigenvalue weighted by molar-refractivity contribution is -0.140. The lowest BCUT2D eigenvalue weighted by Crippen LogP contribution is -2.50. The molecule has 1 heterocycles. The molecule has 1 atom stereocenters. The van der Waals surface area contributed by atoms with Crippen LogP contribution >= 0.6 is 0 Å². The fourth-order valence-corrected chi connectivity index (χ4v) is 2.19. The molecule has 1 amide bonds. The molecule has 1 fully saturated rings. The van der Waals surface area contributed by atoms with Crippen LogP contribution in [0.15, 0.2) is 0 Å². The molecular formula is C12H22N2O3. The van der Waals surface area contributed by atoms with Crippen LogP contribution in [0.25, 0.3) is 0 Å². The minimum atomic E-state index is -0.297. The number of hydrogen-bond donors (Lipinski definition) is 2. The molecule has 0 aromatic heterocycles. The highest BCUT2D eigenvalue weighted by molar-refractivity contribution is 5.83. The number of esters is 1. The summed E-state index contributed by atoms with van der Waals surface area (Å²) in [5.74, 6) is -0.242. The molecule has 17 heavy (non-hydrogen) atoms. The number of nitrogens with one attached hydrogen (secondary N) is 2. The SMILES string of the molecule is CCC1(C(=O)NCCC(=O)OC)CCCNC1. The quantitative estimate of drug-likeness (QED) is 0.687. The van der Waals surface area contributed by atoms with E-state index < -0.39 is 0 Å². The first kappa shape index (κ1) is 14.0. The third-order valence-corrected chi connectivity index (χ3v) is 3.47. The molecule has 0 aromatic carbocycles. The van der Waals surface area contributed by atoms with Gasteiger partial charge in [-0.05, 0) is 25.8 Å². The molecule has 5 nitrogen and oxygen atoms in total. The number of amides is 1. The molecule has 2 N–H and O–H groups in total. The first-order valence-electron chi connectivity index (χ1n) is 6.20. The lowest BCUT2D eigenvalue weighted by Gasteiger charge is -2.35. The van der Waals surface area contributed by atoms with Gasteiger partial charge in [0.05, 0.1) is 18.9 Å². The number of carbonyl (C=O) groups excluding carboxylic acids is 2. The zero-order valence-electron chi connectivity index (χ0n) is 10.7. The Morgan fingerprint density at radius 2 is 2.24 bits per heavy atom. The van der Waals surface area contributed by atoms with Gasteiger partial charge in [0.2, 0.25) is 5.91 Å². The van der Waals surface area contributed by atoms with Crippen LogP contribution in [-0.2, 0) is 14.3 Å². The minimum absolute atomic E-state index is 0.0519. The average molecular weight is 242 g/mol. The van der Waals surface area contributed by atoms with Crippen molar-refractivity contribution in [2.75, 3.05) is 26.7 Å². The van der Waals surface area contributed by atoms with Gasteiger partial charge in [-0.2, -0.15) is 0 Å². The van der Waals surface area contributed by atoms with Crippen molar-refractivity contribution in [2.45, 2.75) is 32.6 Å². The zero-order chi connectivity index (χ0) is 12.7. The largest absolute Gasteiger partial charge is 0.469 e. The van der Waals surface area contributed by atoms with E-state index in [1.807, 2.05) is 6.92 Å². The Morgan fingerprint density at radius 3 is 2.76 bits per heavy atom. The van der Waals surface area contributed by atoms with Gasteiger partial charge in [-0.1, -0.05) is 6.92 Å². The Bertz CT molecular complexity index is 273. The van der Waals surface area contributed by atoms with Gasteiger partial charge in [0, 0.05) is 13.1 Å². The van der Waals surface area contributed by atoms with Crippen LogP contribution in [0.5, 0.6) is 0 Å². The fourth-order valence-electron chi connectivity index (χ4n) is 2.19. The number of ether oxygens (including phenoxy) is 1. The monoisotopic (exact) mass is 242 g/mol. The molecule has 0 aromatic rings. The van der Waals surface area contributed by atoms with Crippen LogP contribution in [0, 0.1) is 5.41 Å². The Balaban J connectivity index is 2.41. The molecule has 1 aliphatic heterocycles. The van der Waals surface area contributed by atoms with Crippen molar-refractivity contribution in [3.63, 3.8) is 0 Å². The third kappa shape index (κ3) is 3.70. The van der Waals surface area contributed by atoms with Crippen molar-refractivity contribution in [1.82, 2.24) is 10.6 Å². The predicted molar refractivity (Wildman–Crippen MR) is 64.5 cm³/mol. The molecule has 98 valence electrons. The first-order valence-corrected chi connectivity index (χ1v) is 6.20. The molecule has 5 heteroatoms. The van der Waals surface area contributed by atoms with E-state index in [2.05, 4.69) is 15.4 Å². The predicted octanol–water partition coefficient (Wildman–Crippen LogP) is 0.445. The second-order valence-corrected chi connectivity index (χ2v) is 4.50. The van der Waals surface area contributed by atoms with Crippen LogP contribution in [-0.4, -0.2) is 38.6 Å². The van der Waals surface area contributed by atoms with Crippen molar-refractivity contribution >= 4 is 11.9 Å². The number of methoxy groups -OCH3 is 1. The van der Waals surface area contributed by atoms with Crippen molar-refractivity contribution in [1.29, 1.82) is 0 Å². The van der Waals surface area contributed by atoms with Gasteiger partial charge in [0.25, 0.3) is 0 Å². The second-order valence-electron chi connectivity index (χ2n) is 4.50. The fraction of sp³-hybridized carbons (Fsp3) is 0.833. The number of piperidine rings is 1. The Labute approximate surface area is 102 Å². The topological polar surface area (TPSA) is 67.4 Å². The summed E-state index contributed by atoms with van der Waals surface area (Å²) in [4.78, 5) is 23.1. The third-order valence-electron chi connectivity index (χ3n) is 3.47. The maximum Gasteiger partial charge on any atom is 0.307 e. The highest BCUT2D eigenvalue weighted by Crippen LogP contribution is 2.30. The van der Waals surface area contributed by atoms with Crippen LogP contribution < -0.4 is 10.6 Å². The summed E-state index contributed by atoms with van der Waals surface area (Å²) in [5.41, 5.74) is -0.297. The van der Waals surface area contributed by atoms with E-state index in [0.29, 0.717) is 6.54 Å². The Hall–Kier alpha value is -1.10. The lowest BCUT2D eigenvalue weighted by atomic mass is 9.77.